The largest absolute Gasteiger partial charge is 0.268 e. The van der Waals surface area contributed by atoms with Crippen molar-refractivity contribution in [1.29, 1.82) is 0 Å². The van der Waals surface area contributed by atoms with Crippen LogP contribution in [-0.2, 0) is 10.0 Å². The highest BCUT2D eigenvalue weighted by molar-refractivity contribution is 7.92. The number of nitrogens with one attached hydrogen (secondary N) is 1. The molecule has 0 radical (unpaired) electrons. The van der Waals surface area contributed by atoms with Gasteiger partial charge in [0.2, 0.25) is 10.0 Å². The number of sulfonamides is 1. The Morgan fingerprint density at radius 3 is 2.50 bits per heavy atom. The lowest BCUT2D eigenvalue weighted by Crippen LogP contribution is -2.11. The molecule has 0 aliphatic heterocycles. The van der Waals surface area contributed by atoms with Crippen LogP contribution in [0.2, 0.25) is 0 Å². The van der Waals surface area contributed by atoms with Crippen LogP contribution in [0.25, 0.3) is 0 Å². The molecule has 0 unspecified atom stereocenters. The summed E-state index contributed by atoms with van der Waals surface area (Å²) in [5.41, 5.74) is 0.874. The summed E-state index contributed by atoms with van der Waals surface area (Å²) in [6.07, 6.45) is 1.11. The van der Waals surface area contributed by atoms with Crippen molar-refractivity contribution in [2.24, 2.45) is 0 Å². The van der Waals surface area contributed by atoms with E-state index in [1.165, 1.54) is 0 Å². The summed E-state index contributed by atoms with van der Waals surface area (Å²) in [5.74, 6) is 0.662. The van der Waals surface area contributed by atoms with Gasteiger partial charge >= 0.3 is 0 Å². The molecule has 0 saturated carbocycles. The first-order valence-corrected chi connectivity index (χ1v) is 6.22. The average molecular weight is 214 g/mol. The van der Waals surface area contributed by atoms with Gasteiger partial charge in [-0.1, -0.05) is 19.9 Å². The molecule has 1 rings (SSSR count). The summed E-state index contributed by atoms with van der Waals surface area (Å²) in [5, 5.41) is 0. The molecule has 1 aromatic heterocycles. The van der Waals surface area contributed by atoms with Gasteiger partial charge in [-0.05, 0) is 18.1 Å². The van der Waals surface area contributed by atoms with Gasteiger partial charge in [-0.25, -0.2) is 13.4 Å². The summed E-state index contributed by atoms with van der Waals surface area (Å²) in [4.78, 5) is 4.17. The van der Waals surface area contributed by atoms with E-state index in [1.54, 1.807) is 12.1 Å². The van der Waals surface area contributed by atoms with Crippen molar-refractivity contribution in [3.63, 3.8) is 0 Å². The minimum Gasteiger partial charge on any atom is -0.268 e. The molecule has 1 N–H and O–H groups in total. The lowest BCUT2D eigenvalue weighted by Gasteiger charge is -2.07. The van der Waals surface area contributed by atoms with E-state index in [1.807, 2.05) is 19.9 Å². The van der Waals surface area contributed by atoms with Gasteiger partial charge in [0.25, 0.3) is 0 Å². The maximum Gasteiger partial charge on any atom is 0.230 e. The Labute approximate surface area is 84.4 Å². The van der Waals surface area contributed by atoms with Crippen LogP contribution in [0.1, 0.15) is 25.5 Å². The first-order valence-electron chi connectivity index (χ1n) is 4.33. The zero-order valence-corrected chi connectivity index (χ0v) is 9.30. The molecule has 0 atom stereocenters. The van der Waals surface area contributed by atoms with Crippen LogP contribution in [0.15, 0.2) is 18.2 Å². The number of nitrogens with zero attached hydrogens (tertiary/aromatic N) is 1. The third kappa shape index (κ3) is 3.33. The van der Waals surface area contributed by atoms with Gasteiger partial charge in [-0.2, -0.15) is 0 Å². The fraction of sp³-hybridized carbons (Fsp3) is 0.444. The molecule has 1 aromatic rings. The lowest BCUT2D eigenvalue weighted by atomic mass is 10.1. The molecule has 78 valence electrons. The Hall–Kier alpha value is -1.10. The lowest BCUT2D eigenvalue weighted by molar-refractivity contribution is 0.606. The number of aromatic nitrogens is 1. The summed E-state index contributed by atoms with van der Waals surface area (Å²) in [6.45, 7) is 4.01. The van der Waals surface area contributed by atoms with Gasteiger partial charge in [-0.3, -0.25) is 4.72 Å². The quantitative estimate of drug-likeness (QED) is 0.831. The van der Waals surface area contributed by atoms with Crippen LogP contribution in [0.5, 0.6) is 0 Å². The van der Waals surface area contributed by atoms with Crippen molar-refractivity contribution in [3.8, 4) is 0 Å². The summed E-state index contributed by atoms with van der Waals surface area (Å²) >= 11 is 0. The molecule has 0 amide bonds. The van der Waals surface area contributed by atoms with Crippen molar-refractivity contribution >= 4 is 15.8 Å². The third-order valence-corrected chi connectivity index (χ3v) is 2.23. The molecule has 14 heavy (non-hydrogen) atoms. The van der Waals surface area contributed by atoms with Crippen LogP contribution in [-0.4, -0.2) is 19.7 Å². The van der Waals surface area contributed by atoms with E-state index in [4.69, 9.17) is 0 Å². The highest BCUT2D eigenvalue weighted by Gasteiger charge is 2.05. The average Bonchev–Trinajstić information content (AvgIpc) is 2.01. The predicted octanol–water partition coefficient (Wildman–Crippen LogP) is 1.58. The summed E-state index contributed by atoms with van der Waals surface area (Å²) < 4.78 is 24.2. The van der Waals surface area contributed by atoms with Gasteiger partial charge in [0.15, 0.2) is 0 Å². The van der Waals surface area contributed by atoms with E-state index in [-0.39, 0.29) is 5.92 Å². The van der Waals surface area contributed by atoms with Crippen molar-refractivity contribution < 1.29 is 8.42 Å². The van der Waals surface area contributed by atoms with E-state index in [0.29, 0.717) is 5.82 Å². The van der Waals surface area contributed by atoms with E-state index in [2.05, 4.69) is 9.71 Å². The zero-order chi connectivity index (χ0) is 10.8. The number of anilines is 1. The zero-order valence-electron chi connectivity index (χ0n) is 8.48. The van der Waals surface area contributed by atoms with E-state index >= 15 is 0 Å². The Balaban J connectivity index is 2.95. The molecule has 0 saturated heterocycles. The second kappa shape index (κ2) is 3.96. The van der Waals surface area contributed by atoms with Crippen LogP contribution >= 0.6 is 0 Å². The van der Waals surface area contributed by atoms with Crippen molar-refractivity contribution in [3.05, 3.63) is 23.9 Å². The van der Waals surface area contributed by atoms with Crippen LogP contribution in [0.3, 0.4) is 0 Å². The molecule has 0 spiro atoms. The predicted molar refractivity (Wildman–Crippen MR) is 56.8 cm³/mol. The second-order valence-corrected chi connectivity index (χ2v) is 5.23. The molecular formula is C9H14N2O2S. The Bertz CT molecular complexity index is 413. The minimum atomic E-state index is -3.23. The highest BCUT2D eigenvalue weighted by Crippen LogP contribution is 2.14. The Kier molecular flexibility index (Phi) is 3.10. The first kappa shape index (κ1) is 11.0. The standard InChI is InChI=1S/C9H14N2O2S/c1-7(2)8-5-4-6-9(10-8)11-14(3,12)13/h4-7H,1-3H3,(H,10,11). The van der Waals surface area contributed by atoms with Crippen molar-refractivity contribution in [2.45, 2.75) is 19.8 Å². The van der Waals surface area contributed by atoms with E-state index < -0.39 is 10.0 Å². The molecule has 0 aromatic carbocycles. The maximum atomic E-state index is 10.9. The number of rotatable bonds is 3. The smallest absolute Gasteiger partial charge is 0.230 e. The monoisotopic (exact) mass is 214 g/mol. The van der Waals surface area contributed by atoms with Crippen LogP contribution in [0.4, 0.5) is 5.82 Å². The second-order valence-electron chi connectivity index (χ2n) is 3.48. The normalized spacial score (nSPS) is 11.7. The molecule has 0 bridgehead atoms. The van der Waals surface area contributed by atoms with Crippen LogP contribution < -0.4 is 4.72 Å². The van der Waals surface area contributed by atoms with Gasteiger partial charge in [0.05, 0.1) is 6.26 Å². The molecule has 0 aliphatic rings. The Morgan fingerprint density at radius 1 is 1.36 bits per heavy atom. The Morgan fingerprint density at radius 2 is 2.00 bits per heavy atom. The number of pyridine rings is 1. The SMILES string of the molecule is CC(C)c1cccc(NS(C)(=O)=O)n1. The molecule has 0 fully saturated rings. The van der Waals surface area contributed by atoms with Crippen molar-refractivity contribution in [1.82, 2.24) is 4.98 Å². The van der Waals surface area contributed by atoms with Gasteiger partial charge in [-0.15, -0.1) is 0 Å². The topological polar surface area (TPSA) is 59.1 Å². The minimum absolute atomic E-state index is 0.288. The molecule has 0 aliphatic carbocycles. The molecule has 5 heteroatoms. The summed E-state index contributed by atoms with van der Waals surface area (Å²) in [7, 11) is -3.23. The van der Waals surface area contributed by atoms with Gasteiger partial charge in [0, 0.05) is 5.69 Å². The fourth-order valence-corrected chi connectivity index (χ4v) is 1.51. The number of hydrogen-bond donors (Lipinski definition) is 1. The number of hydrogen-bond acceptors (Lipinski definition) is 3. The van der Waals surface area contributed by atoms with Gasteiger partial charge < -0.3 is 0 Å². The third-order valence-electron chi connectivity index (χ3n) is 1.65. The summed E-state index contributed by atoms with van der Waals surface area (Å²) in [6, 6.07) is 5.29. The van der Waals surface area contributed by atoms with Gasteiger partial charge in [0.1, 0.15) is 5.82 Å². The molecule has 1 heterocycles. The van der Waals surface area contributed by atoms with Crippen LogP contribution in [0, 0.1) is 0 Å². The van der Waals surface area contributed by atoms with Crippen molar-refractivity contribution in [2.75, 3.05) is 11.0 Å². The fourth-order valence-electron chi connectivity index (χ4n) is 1.02. The van der Waals surface area contributed by atoms with E-state index in [9.17, 15) is 8.42 Å². The van der Waals surface area contributed by atoms with E-state index in [0.717, 1.165) is 11.9 Å². The highest BCUT2D eigenvalue weighted by atomic mass is 32.2. The maximum absolute atomic E-state index is 10.9. The molecule has 4 nitrogen and oxygen atoms in total. The first-order chi connectivity index (χ1) is 6.38. The molecular weight excluding hydrogens is 200 g/mol.